The van der Waals surface area contributed by atoms with Crippen LogP contribution < -0.4 is 0 Å². The number of nitrogens with zero attached hydrogens (tertiary/aromatic N) is 2. The lowest BCUT2D eigenvalue weighted by Crippen LogP contribution is -2.17. The van der Waals surface area contributed by atoms with Crippen molar-refractivity contribution in [3.63, 3.8) is 0 Å². The van der Waals surface area contributed by atoms with Crippen LogP contribution in [0.5, 0.6) is 0 Å². The van der Waals surface area contributed by atoms with Gasteiger partial charge < -0.3 is 5.11 Å². The van der Waals surface area contributed by atoms with E-state index in [2.05, 4.69) is 5.10 Å². The van der Waals surface area contributed by atoms with Crippen LogP contribution in [0.1, 0.15) is 24.4 Å². The molecule has 0 fully saturated rings. The number of aromatic nitrogens is 2. The Bertz CT molecular complexity index is 346. The number of rotatable bonds is 2. The van der Waals surface area contributed by atoms with Crippen LogP contribution in [0.25, 0.3) is 0 Å². The van der Waals surface area contributed by atoms with Gasteiger partial charge in [-0.1, -0.05) is 11.6 Å². The molecule has 0 aromatic carbocycles. The summed E-state index contributed by atoms with van der Waals surface area (Å²) in [5, 5.41) is 13.3. The van der Waals surface area contributed by atoms with Crippen LogP contribution in [0.3, 0.4) is 0 Å². The van der Waals surface area contributed by atoms with Gasteiger partial charge in [0.05, 0.1) is 16.4 Å². The molecule has 0 saturated carbocycles. The number of halogens is 1. The average molecular weight is 203 g/mol. The topological polar surface area (TPSA) is 55.1 Å². The van der Waals surface area contributed by atoms with Crippen molar-refractivity contribution in [2.24, 2.45) is 0 Å². The lowest BCUT2D eigenvalue weighted by atomic mass is 10.3. The van der Waals surface area contributed by atoms with Gasteiger partial charge in [0.15, 0.2) is 0 Å². The van der Waals surface area contributed by atoms with Crippen molar-refractivity contribution in [1.82, 2.24) is 9.78 Å². The van der Waals surface area contributed by atoms with Gasteiger partial charge in [-0.2, -0.15) is 5.10 Å². The number of aryl methyl sites for hydroxylation is 1. The minimum atomic E-state index is -0.915. The van der Waals surface area contributed by atoms with Gasteiger partial charge in [-0.05, 0) is 20.8 Å². The Morgan fingerprint density at radius 1 is 1.62 bits per heavy atom. The maximum absolute atomic E-state index is 10.7. The third-order valence-corrected chi connectivity index (χ3v) is 2.51. The van der Waals surface area contributed by atoms with Crippen LogP contribution in [0.2, 0.25) is 5.02 Å². The van der Waals surface area contributed by atoms with E-state index in [1.807, 2.05) is 0 Å². The zero-order valence-electron chi connectivity index (χ0n) is 7.71. The second-order valence-electron chi connectivity index (χ2n) is 2.94. The molecule has 5 heteroatoms. The summed E-state index contributed by atoms with van der Waals surface area (Å²) in [6.07, 6.45) is 0. The van der Waals surface area contributed by atoms with Crippen molar-refractivity contribution in [1.29, 1.82) is 0 Å². The number of carboxylic acids is 1. The van der Waals surface area contributed by atoms with Crippen LogP contribution in [-0.4, -0.2) is 20.9 Å². The fourth-order valence-corrected chi connectivity index (χ4v) is 1.25. The molecule has 1 atom stereocenters. The van der Waals surface area contributed by atoms with Gasteiger partial charge >= 0.3 is 5.97 Å². The second kappa shape index (κ2) is 3.38. The average Bonchev–Trinajstić information content (AvgIpc) is 2.31. The molecule has 0 bridgehead atoms. The molecule has 1 aromatic rings. The summed E-state index contributed by atoms with van der Waals surface area (Å²) < 4.78 is 1.42. The summed E-state index contributed by atoms with van der Waals surface area (Å²) in [6.45, 7) is 5.07. The first-order valence-corrected chi connectivity index (χ1v) is 4.27. The zero-order valence-corrected chi connectivity index (χ0v) is 8.46. The van der Waals surface area contributed by atoms with Gasteiger partial charge in [-0.15, -0.1) is 0 Å². The summed E-state index contributed by atoms with van der Waals surface area (Å²) in [4.78, 5) is 10.7. The van der Waals surface area contributed by atoms with Crippen molar-refractivity contribution in [2.75, 3.05) is 0 Å². The third-order valence-electron chi connectivity index (χ3n) is 1.96. The first kappa shape index (κ1) is 10.1. The standard InChI is InChI=1S/C8H11ClN2O2/c1-4-7(9)5(2)11(10-4)6(3)8(12)13/h6H,1-3H3,(H,12,13). The largest absolute Gasteiger partial charge is 0.480 e. The molecule has 1 heterocycles. The molecule has 13 heavy (non-hydrogen) atoms. The van der Waals surface area contributed by atoms with Crippen molar-refractivity contribution in [3.05, 3.63) is 16.4 Å². The SMILES string of the molecule is Cc1nn(C(C)C(=O)O)c(C)c1Cl. The van der Waals surface area contributed by atoms with E-state index in [0.717, 1.165) is 0 Å². The smallest absolute Gasteiger partial charge is 0.328 e. The first-order valence-electron chi connectivity index (χ1n) is 3.89. The van der Waals surface area contributed by atoms with E-state index < -0.39 is 12.0 Å². The molecule has 1 unspecified atom stereocenters. The van der Waals surface area contributed by atoms with E-state index in [0.29, 0.717) is 16.4 Å². The van der Waals surface area contributed by atoms with Gasteiger partial charge in [0.1, 0.15) is 6.04 Å². The molecule has 0 aliphatic heterocycles. The van der Waals surface area contributed by atoms with Crippen molar-refractivity contribution >= 4 is 17.6 Å². The maximum atomic E-state index is 10.7. The fourth-order valence-electron chi connectivity index (χ4n) is 1.12. The Morgan fingerprint density at radius 2 is 2.15 bits per heavy atom. The number of hydrogen-bond donors (Lipinski definition) is 1. The van der Waals surface area contributed by atoms with E-state index in [4.69, 9.17) is 16.7 Å². The van der Waals surface area contributed by atoms with Crippen molar-refractivity contribution in [2.45, 2.75) is 26.8 Å². The molecule has 4 nitrogen and oxygen atoms in total. The Morgan fingerprint density at radius 3 is 2.46 bits per heavy atom. The van der Waals surface area contributed by atoms with Gasteiger partial charge in [0, 0.05) is 0 Å². The van der Waals surface area contributed by atoms with E-state index in [9.17, 15) is 4.79 Å². The number of hydrogen-bond acceptors (Lipinski definition) is 2. The van der Waals surface area contributed by atoms with Crippen LogP contribution in [-0.2, 0) is 4.79 Å². The maximum Gasteiger partial charge on any atom is 0.328 e. The van der Waals surface area contributed by atoms with Crippen molar-refractivity contribution < 1.29 is 9.90 Å². The predicted octanol–water partition coefficient (Wildman–Crippen LogP) is 1.80. The summed E-state index contributed by atoms with van der Waals surface area (Å²) in [7, 11) is 0. The first-order chi connectivity index (χ1) is 5.95. The second-order valence-corrected chi connectivity index (χ2v) is 3.32. The van der Waals surface area contributed by atoms with Gasteiger partial charge in [-0.25, -0.2) is 4.79 Å². The number of carbonyl (C=O) groups is 1. The minimum absolute atomic E-state index is 0.535. The summed E-state index contributed by atoms with van der Waals surface area (Å²) in [6, 6.07) is -0.675. The van der Waals surface area contributed by atoms with Gasteiger partial charge in [0.25, 0.3) is 0 Å². The highest BCUT2D eigenvalue weighted by molar-refractivity contribution is 6.31. The van der Waals surface area contributed by atoms with E-state index >= 15 is 0 Å². The normalized spacial score (nSPS) is 12.9. The lowest BCUT2D eigenvalue weighted by molar-refractivity contribution is -0.140. The van der Waals surface area contributed by atoms with E-state index in [-0.39, 0.29) is 0 Å². The number of carboxylic acid groups (broad SMARTS) is 1. The Labute approximate surface area is 81.1 Å². The van der Waals surface area contributed by atoms with Crippen LogP contribution in [0.15, 0.2) is 0 Å². The molecule has 0 spiro atoms. The molecule has 0 radical (unpaired) electrons. The van der Waals surface area contributed by atoms with E-state index in [1.54, 1.807) is 20.8 Å². The molecule has 0 amide bonds. The fraction of sp³-hybridized carbons (Fsp3) is 0.500. The highest BCUT2D eigenvalue weighted by atomic mass is 35.5. The quantitative estimate of drug-likeness (QED) is 0.796. The third kappa shape index (κ3) is 1.67. The number of aliphatic carboxylic acids is 1. The highest BCUT2D eigenvalue weighted by Crippen LogP contribution is 2.21. The Balaban J connectivity index is 3.15. The van der Waals surface area contributed by atoms with Crippen molar-refractivity contribution in [3.8, 4) is 0 Å². The van der Waals surface area contributed by atoms with Gasteiger partial charge in [0.2, 0.25) is 0 Å². The molecular weight excluding hydrogens is 192 g/mol. The highest BCUT2D eigenvalue weighted by Gasteiger charge is 2.19. The monoisotopic (exact) mass is 202 g/mol. The summed E-state index contributed by atoms with van der Waals surface area (Å²) in [5.74, 6) is -0.915. The van der Waals surface area contributed by atoms with E-state index in [1.165, 1.54) is 4.68 Å². The Kier molecular flexibility index (Phi) is 2.61. The molecule has 1 aromatic heterocycles. The molecule has 72 valence electrons. The van der Waals surface area contributed by atoms with Crippen LogP contribution in [0, 0.1) is 13.8 Å². The molecule has 1 N–H and O–H groups in total. The predicted molar refractivity (Wildman–Crippen MR) is 49.1 cm³/mol. The van der Waals surface area contributed by atoms with Gasteiger partial charge in [-0.3, -0.25) is 4.68 Å². The molecule has 1 rings (SSSR count). The Hall–Kier alpha value is -1.03. The van der Waals surface area contributed by atoms with Crippen LogP contribution >= 0.6 is 11.6 Å². The minimum Gasteiger partial charge on any atom is -0.480 e. The molecule has 0 saturated heterocycles. The molecule has 0 aliphatic rings. The summed E-state index contributed by atoms with van der Waals surface area (Å²) in [5.41, 5.74) is 1.35. The molecular formula is C8H11ClN2O2. The zero-order chi connectivity index (χ0) is 10.2. The molecule has 0 aliphatic carbocycles. The van der Waals surface area contributed by atoms with Crippen LogP contribution in [0.4, 0.5) is 0 Å². The lowest BCUT2D eigenvalue weighted by Gasteiger charge is -2.08. The summed E-state index contributed by atoms with van der Waals surface area (Å²) >= 11 is 5.87.